The molecule has 1 amide bonds. The van der Waals surface area contributed by atoms with Crippen molar-refractivity contribution >= 4 is 5.91 Å². The highest BCUT2D eigenvalue weighted by atomic mass is 16.5. The highest BCUT2D eigenvalue weighted by molar-refractivity contribution is 5.84. The van der Waals surface area contributed by atoms with Crippen molar-refractivity contribution in [2.75, 3.05) is 6.54 Å². The molecule has 2 aromatic rings. The van der Waals surface area contributed by atoms with Crippen LogP contribution in [0.5, 0.6) is 0 Å². The normalized spacial score (nSPS) is 36.2. The molecule has 1 aromatic heterocycles. The summed E-state index contributed by atoms with van der Waals surface area (Å²) in [6.07, 6.45) is 9.36. The highest BCUT2D eigenvalue weighted by Crippen LogP contribution is 2.61. The lowest BCUT2D eigenvalue weighted by molar-refractivity contribution is -0.159. The van der Waals surface area contributed by atoms with Crippen LogP contribution in [0.3, 0.4) is 0 Å². The number of carbonyl (C=O) groups excluding carboxylic acids is 1. The molecule has 4 aliphatic carbocycles. The summed E-state index contributed by atoms with van der Waals surface area (Å²) in [7, 11) is 0. The molecule has 2 heterocycles. The van der Waals surface area contributed by atoms with Gasteiger partial charge in [-0.15, -0.1) is 0 Å². The Kier molecular flexibility index (Phi) is 3.69. The molecule has 1 saturated heterocycles. The van der Waals surface area contributed by atoms with E-state index in [1.807, 2.05) is 30.3 Å². The van der Waals surface area contributed by atoms with Crippen LogP contribution >= 0.6 is 0 Å². The van der Waals surface area contributed by atoms with Crippen molar-refractivity contribution in [3.8, 4) is 11.4 Å². The number of rotatable bonds is 3. The molecule has 0 unspecified atom stereocenters. The first-order valence-electron chi connectivity index (χ1n) is 10.9. The Balaban J connectivity index is 1.27. The zero-order valence-corrected chi connectivity index (χ0v) is 16.2. The lowest BCUT2D eigenvalue weighted by Gasteiger charge is -2.56. The molecule has 5 fully saturated rings. The van der Waals surface area contributed by atoms with Crippen molar-refractivity contribution in [3.05, 3.63) is 36.2 Å². The second-order valence-corrected chi connectivity index (χ2v) is 9.68. The maximum absolute atomic E-state index is 13.8. The van der Waals surface area contributed by atoms with E-state index in [1.54, 1.807) is 0 Å². The van der Waals surface area contributed by atoms with Gasteiger partial charge in [-0.1, -0.05) is 35.5 Å². The molecule has 146 valence electrons. The number of hydrogen-bond acceptors (Lipinski definition) is 4. The first-order valence-corrected chi connectivity index (χ1v) is 10.9. The molecule has 28 heavy (non-hydrogen) atoms. The molecule has 0 radical (unpaired) electrons. The van der Waals surface area contributed by atoms with Gasteiger partial charge in [0.1, 0.15) is 6.04 Å². The summed E-state index contributed by atoms with van der Waals surface area (Å²) in [6.45, 7) is 0.828. The molecule has 0 spiro atoms. The Hall–Kier alpha value is -2.17. The molecular weight excluding hydrogens is 350 g/mol. The van der Waals surface area contributed by atoms with E-state index in [0.29, 0.717) is 17.6 Å². The van der Waals surface area contributed by atoms with Gasteiger partial charge in [-0.25, -0.2) is 0 Å². The average Bonchev–Trinajstić information content (AvgIpc) is 3.36. The van der Waals surface area contributed by atoms with Crippen LogP contribution in [0.25, 0.3) is 11.4 Å². The number of nitrogens with zero attached hydrogens (tertiary/aromatic N) is 3. The van der Waals surface area contributed by atoms with Gasteiger partial charge >= 0.3 is 0 Å². The molecule has 5 aliphatic rings. The summed E-state index contributed by atoms with van der Waals surface area (Å²) in [4.78, 5) is 20.6. The minimum atomic E-state index is -0.0976. The van der Waals surface area contributed by atoms with E-state index in [9.17, 15) is 4.79 Å². The third-order valence-electron chi connectivity index (χ3n) is 7.76. The van der Waals surface area contributed by atoms with Crippen molar-refractivity contribution in [1.82, 2.24) is 15.0 Å². The van der Waals surface area contributed by atoms with Crippen LogP contribution < -0.4 is 0 Å². The molecule has 1 aromatic carbocycles. The third kappa shape index (κ3) is 2.55. The van der Waals surface area contributed by atoms with Gasteiger partial charge in [-0.05, 0) is 69.1 Å². The topological polar surface area (TPSA) is 59.2 Å². The van der Waals surface area contributed by atoms with Gasteiger partial charge in [0, 0.05) is 12.1 Å². The van der Waals surface area contributed by atoms with Crippen LogP contribution in [0.2, 0.25) is 0 Å². The minimum absolute atomic E-state index is 0.0505. The fourth-order valence-electron chi connectivity index (χ4n) is 7.02. The van der Waals surface area contributed by atoms with E-state index < -0.39 is 0 Å². The molecular formula is C23H27N3O2. The lowest BCUT2D eigenvalue weighted by atomic mass is 9.49. The van der Waals surface area contributed by atoms with Crippen LogP contribution in [0.15, 0.2) is 34.9 Å². The van der Waals surface area contributed by atoms with Gasteiger partial charge in [0.05, 0.1) is 5.41 Å². The molecule has 4 bridgehead atoms. The summed E-state index contributed by atoms with van der Waals surface area (Å²) in [5.41, 5.74) is 0.856. The number of amides is 1. The summed E-state index contributed by atoms with van der Waals surface area (Å²) in [5.74, 6) is 3.95. The fraction of sp³-hybridized carbons (Fsp3) is 0.609. The van der Waals surface area contributed by atoms with Crippen molar-refractivity contribution < 1.29 is 9.32 Å². The average molecular weight is 377 g/mol. The van der Waals surface area contributed by atoms with Gasteiger partial charge in [0.15, 0.2) is 0 Å². The Bertz CT molecular complexity index is 855. The van der Waals surface area contributed by atoms with E-state index in [2.05, 4.69) is 15.0 Å². The third-order valence-corrected chi connectivity index (χ3v) is 7.76. The number of benzene rings is 1. The molecule has 1 atom stereocenters. The first-order chi connectivity index (χ1) is 13.7. The van der Waals surface area contributed by atoms with Crippen LogP contribution in [0.1, 0.15) is 63.3 Å². The molecule has 0 N–H and O–H groups in total. The predicted octanol–water partition coefficient (Wildman–Crippen LogP) is 4.62. The molecule has 5 nitrogen and oxygen atoms in total. The van der Waals surface area contributed by atoms with E-state index in [-0.39, 0.29) is 11.5 Å². The zero-order valence-electron chi connectivity index (χ0n) is 16.2. The number of aromatic nitrogens is 2. The molecule has 1 aliphatic heterocycles. The molecule has 4 saturated carbocycles. The van der Waals surface area contributed by atoms with Gasteiger partial charge in [0.25, 0.3) is 0 Å². The Morgan fingerprint density at radius 3 is 2.39 bits per heavy atom. The maximum atomic E-state index is 13.8. The highest BCUT2D eigenvalue weighted by Gasteiger charge is 2.56. The Labute approximate surface area is 165 Å². The second-order valence-electron chi connectivity index (χ2n) is 9.68. The van der Waals surface area contributed by atoms with E-state index >= 15 is 0 Å². The summed E-state index contributed by atoms with van der Waals surface area (Å²) >= 11 is 0. The van der Waals surface area contributed by atoms with Gasteiger partial charge in [0.2, 0.25) is 17.6 Å². The maximum Gasteiger partial charge on any atom is 0.249 e. The van der Waals surface area contributed by atoms with Crippen LogP contribution in [0.4, 0.5) is 0 Å². The van der Waals surface area contributed by atoms with E-state index in [4.69, 9.17) is 4.52 Å². The Morgan fingerprint density at radius 1 is 1.04 bits per heavy atom. The summed E-state index contributed by atoms with van der Waals surface area (Å²) in [5, 5.41) is 4.19. The predicted molar refractivity (Wildman–Crippen MR) is 104 cm³/mol. The van der Waals surface area contributed by atoms with Crippen LogP contribution in [-0.2, 0) is 4.79 Å². The largest absolute Gasteiger partial charge is 0.337 e. The van der Waals surface area contributed by atoms with Gasteiger partial charge in [-0.3, -0.25) is 4.79 Å². The van der Waals surface area contributed by atoms with Crippen molar-refractivity contribution in [1.29, 1.82) is 0 Å². The lowest BCUT2D eigenvalue weighted by Crippen LogP contribution is -2.54. The molecule has 5 heteroatoms. The SMILES string of the molecule is O=C(N1CCC[C@H]1c1nc(-c2ccccc2)no1)C12CC3CC(CC(C3)C1)C2. The van der Waals surface area contributed by atoms with E-state index in [0.717, 1.165) is 62.0 Å². The second kappa shape index (κ2) is 6.16. The summed E-state index contributed by atoms with van der Waals surface area (Å²) < 4.78 is 5.65. The van der Waals surface area contributed by atoms with Gasteiger partial charge < -0.3 is 9.42 Å². The monoisotopic (exact) mass is 377 g/mol. The fourth-order valence-corrected chi connectivity index (χ4v) is 7.02. The number of likely N-dealkylation sites (tertiary alicyclic amines) is 1. The number of carbonyl (C=O) groups is 1. The molecule has 7 rings (SSSR count). The van der Waals surface area contributed by atoms with Crippen LogP contribution in [0, 0.1) is 23.2 Å². The van der Waals surface area contributed by atoms with Crippen molar-refractivity contribution in [2.45, 2.75) is 57.4 Å². The van der Waals surface area contributed by atoms with E-state index in [1.165, 1.54) is 19.3 Å². The first kappa shape index (κ1) is 16.8. The quantitative estimate of drug-likeness (QED) is 0.783. The van der Waals surface area contributed by atoms with Crippen molar-refractivity contribution in [3.63, 3.8) is 0 Å². The summed E-state index contributed by atoms with van der Waals surface area (Å²) in [6, 6.07) is 9.86. The standard InChI is InChI=1S/C23H27N3O2/c27-22(23-12-15-9-16(13-23)11-17(10-15)14-23)26-8-4-7-19(26)21-24-20(25-28-21)18-5-2-1-3-6-18/h1-3,5-6,15-17,19H,4,7-14H2/t15?,16?,17?,19-,23?/m0/s1. The van der Waals surface area contributed by atoms with Crippen LogP contribution in [-0.4, -0.2) is 27.5 Å². The van der Waals surface area contributed by atoms with Crippen molar-refractivity contribution in [2.24, 2.45) is 23.2 Å². The Morgan fingerprint density at radius 2 is 1.71 bits per heavy atom. The number of hydrogen-bond donors (Lipinski definition) is 0. The van der Waals surface area contributed by atoms with Gasteiger partial charge in [-0.2, -0.15) is 4.98 Å². The smallest absolute Gasteiger partial charge is 0.249 e. The minimum Gasteiger partial charge on any atom is -0.337 e. The zero-order chi connectivity index (χ0) is 18.7.